The molecule has 1 saturated heterocycles. The van der Waals surface area contributed by atoms with E-state index in [4.69, 9.17) is 10.5 Å². The molecule has 29 heavy (non-hydrogen) atoms. The molecule has 6 nitrogen and oxygen atoms in total. The van der Waals surface area contributed by atoms with Crippen molar-refractivity contribution in [2.45, 2.75) is 31.1 Å². The van der Waals surface area contributed by atoms with Gasteiger partial charge in [0.1, 0.15) is 5.75 Å². The number of benzene rings is 1. The van der Waals surface area contributed by atoms with Crippen molar-refractivity contribution in [2.24, 2.45) is 23.2 Å². The second kappa shape index (κ2) is 8.23. The van der Waals surface area contributed by atoms with Gasteiger partial charge in [-0.15, -0.1) is 0 Å². The largest absolute Gasteiger partial charge is 0.492 e. The maximum atomic E-state index is 13.0. The molecule has 2 atom stereocenters. The van der Waals surface area contributed by atoms with Crippen LogP contribution in [0.4, 0.5) is 5.69 Å². The summed E-state index contributed by atoms with van der Waals surface area (Å²) >= 11 is 2.29. The van der Waals surface area contributed by atoms with Gasteiger partial charge in [-0.1, -0.05) is 36.4 Å². The number of nitrogens with zero attached hydrogens (tertiary/aromatic N) is 1. The Kier molecular flexibility index (Phi) is 6.01. The van der Waals surface area contributed by atoms with E-state index in [1.54, 1.807) is 0 Å². The van der Waals surface area contributed by atoms with E-state index in [0.717, 1.165) is 60.3 Å². The van der Waals surface area contributed by atoms with Crippen LogP contribution in [0, 0.1) is 23.2 Å². The minimum atomic E-state index is -0.0505. The molecule has 4 rings (SSSR count). The topological polar surface area (TPSA) is 87.8 Å². The monoisotopic (exact) mass is 513 g/mol. The lowest BCUT2D eigenvalue weighted by Crippen LogP contribution is -2.37. The summed E-state index contributed by atoms with van der Waals surface area (Å²) in [5, 5.41) is 12.6. The molecule has 1 aromatic carbocycles. The van der Waals surface area contributed by atoms with Crippen LogP contribution in [0.2, 0.25) is 0 Å². The summed E-state index contributed by atoms with van der Waals surface area (Å²) in [6.45, 7) is 8.88. The van der Waals surface area contributed by atoms with Gasteiger partial charge in [-0.3, -0.25) is 4.79 Å². The fourth-order valence-electron chi connectivity index (χ4n) is 5.04. The van der Waals surface area contributed by atoms with Gasteiger partial charge in [-0.2, -0.15) is 0 Å². The average molecular weight is 513 g/mol. The Bertz CT molecular complexity index is 786. The molecule has 0 bridgehead atoms. The number of hydrogen-bond acceptors (Lipinski definition) is 5. The Morgan fingerprint density at radius 3 is 2.79 bits per heavy atom. The predicted octanol–water partition coefficient (Wildman–Crippen LogP) is 2.45. The second-order valence-corrected chi connectivity index (χ2v) is 10.4. The van der Waals surface area contributed by atoms with E-state index in [-0.39, 0.29) is 17.9 Å². The number of carbonyl (C=O) groups is 1. The first-order valence-electron chi connectivity index (χ1n) is 10.6. The molecule has 2 unspecified atom stereocenters. The van der Waals surface area contributed by atoms with Gasteiger partial charge in [0.05, 0.1) is 12.2 Å². The number of nitrogen functional groups attached to an aromatic ring is 1. The number of piperidine rings is 1. The maximum absolute atomic E-state index is 13.0. The normalized spacial score (nSPS) is 25.9. The highest BCUT2D eigenvalue weighted by molar-refractivity contribution is 14.1. The number of ether oxygens (including phenoxy) is 1. The molecule has 7 heteroatoms. The van der Waals surface area contributed by atoms with Gasteiger partial charge in [0.25, 0.3) is 5.91 Å². The van der Waals surface area contributed by atoms with Gasteiger partial charge in [-0.05, 0) is 42.2 Å². The zero-order chi connectivity index (χ0) is 20.8. The Morgan fingerprint density at radius 2 is 2.14 bits per heavy atom. The number of likely N-dealkylation sites (tertiary alicyclic amines) is 1. The lowest BCUT2D eigenvalue weighted by atomic mass is 9.94. The predicted molar refractivity (Wildman–Crippen MR) is 123 cm³/mol. The fourth-order valence-corrected chi connectivity index (χ4v) is 5.67. The smallest absolute Gasteiger partial charge is 0.255 e. The first-order valence-corrected chi connectivity index (χ1v) is 12.1. The SMILES string of the molecule is CC(C)(CO)CN1CC2C(CNC(=O)c3cc(CI)c(N)c4c3OCCC4)C2C1. The third kappa shape index (κ3) is 4.23. The van der Waals surface area contributed by atoms with Crippen molar-refractivity contribution >= 4 is 34.2 Å². The van der Waals surface area contributed by atoms with Gasteiger partial charge >= 0.3 is 0 Å². The van der Waals surface area contributed by atoms with E-state index >= 15 is 0 Å². The van der Waals surface area contributed by atoms with Gasteiger partial charge in [0, 0.05) is 53.9 Å². The number of halogens is 1. The number of carbonyl (C=O) groups excluding carboxylic acids is 1. The number of amides is 1. The number of alkyl halides is 1. The average Bonchev–Trinajstić information content (AvgIpc) is 3.17. The van der Waals surface area contributed by atoms with Crippen molar-refractivity contribution in [3.05, 3.63) is 22.8 Å². The van der Waals surface area contributed by atoms with Crippen molar-refractivity contribution in [2.75, 3.05) is 45.1 Å². The molecule has 2 aliphatic heterocycles. The van der Waals surface area contributed by atoms with Crippen LogP contribution in [0.1, 0.15) is 41.8 Å². The Labute approximate surface area is 186 Å². The van der Waals surface area contributed by atoms with Gasteiger partial charge < -0.3 is 25.8 Å². The maximum Gasteiger partial charge on any atom is 0.255 e. The third-order valence-electron chi connectivity index (χ3n) is 6.74. The van der Waals surface area contributed by atoms with Crippen molar-refractivity contribution in [3.8, 4) is 5.75 Å². The van der Waals surface area contributed by atoms with Crippen LogP contribution in [-0.4, -0.2) is 55.3 Å². The van der Waals surface area contributed by atoms with Crippen LogP contribution in [0.15, 0.2) is 6.07 Å². The first-order chi connectivity index (χ1) is 13.8. The third-order valence-corrected chi connectivity index (χ3v) is 7.56. The van der Waals surface area contributed by atoms with Crippen LogP contribution in [-0.2, 0) is 10.8 Å². The lowest BCUT2D eigenvalue weighted by Gasteiger charge is -2.29. The number of rotatable bonds is 7. The number of nitrogens with two attached hydrogens (primary N) is 1. The van der Waals surface area contributed by atoms with Crippen LogP contribution in [0.5, 0.6) is 5.75 Å². The molecule has 1 amide bonds. The van der Waals surface area contributed by atoms with E-state index in [1.165, 1.54) is 0 Å². The van der Waals surface area contributed by atoms with Crippen LogP contribution < -0.4 is 15.8 Å². The molecule has 2 fully saturated rings. The van der Waals surface area contributed by atoms with E-state index in [0.29, 0.717) is 35.7 Å². The molecule has 0 spiro atoms. The minimum Gasteiger partial charge on any atom is -0.492 e. The van der Waals surface area contributed by atoms with Crippen molar-refractivity contribution < 1.29 is 14.6 Å². The Morgan fingerprint density at radius 1 is 1.41 bits per heavy atom. The number of anilines is 1. The molecule has 4 N–H and O–H groups in total. The molecule has 0 radical (unpaired) electrons. The summed E-state index contributed by atoms with van der Waals surface area (Å²) in [5.41, 5.74) is 9.70. The van der Waals surface area contributed by atoms with E-state index in [1.807, 2.05) is 6.07 Å². The summed E-state index contributed by atoms with van der Waals surface area (Å²) in [6.07, 6.45) is 1.82. The van der Waals surface area contributed by atoms with Gasteiger partial charge in [-0.25, -0.2) is 0 Å². The molecular formula is C22H32IN3O3. The Balaban J connectivity index is 1.35. The standard InChI is InChI=1S/C22H32IN3O3/c1-22(2,12-27)11-26-9-17-16(18(17)10-26)8-25-21(28)15-6-13(7-23)19(24)14-4-3-5-29-20(14)15/h6,16-18,27H,3-5,7-12,24H2,1-2H3,(H,25,28). The first kappa shape index (κ1) is 21.2. The summed E-state index contributed by atoms with van der Waals surface area (Å²) in [5.74, 6) is 2.56. The molecular weight excluding hydrogens is 481 g/mol. The Hall–Kier alpha value is -1.06. The minimum absolute atomic E-state index is 0.0440. The van der Waals surface area contributed by atoms with Crippen molar-refractivity contribution in [3.63, 3.8) is 0 Å². The molecule has 160 valence electrons. The quantitative estimate of drug-likeness (QED) is 0.296. The molecule has 1 aromatic rings. The highest BCUT2D eigenvalue weighted by atomic mass is 127. The molecule has 3 aliphatic rings. The van der Waals surface area contributed by atoms with E-state index in [9.17, 15) is 9.90 Å². The van der Waals surface area contributed by atoms with Crippen molar-refractivity contribution in [1.29, 1.82) is 0 Å². The molecule has 1 saturated carbocycles. The summed E-state index contributed by atoms with van der Waals surface area (Å²) in [4.78, 5) is 15.4. The zero-order valence-electron chi connectivity index (χ0n) is 17.3. The number of hydrogen-bond donors (Lipinski definition) is 3. The zero-order valence-corrected chi connectivity index (χ0v) is 19.5. The van der Waals surface area contributed by atoms with Crippen LogP contribution in [0.3, 0.4) is 0 Å². The fraction of sp³-hybridized carbons (Fsp3) is 0.682. The highest BCUT2D eigenvalue weighted by Crippen LogP contribution is 2.51. The van der Waals surface area contributed by atoms with E-state index in [2.05, 4.69) is 46.7 Å². The van der Waals surface area contributed by atoms with Crippen LogP contribution in [0.25, 0.3) is 0 Å². The molecule has 0 aromatic heterocycles. The molecule has 1 aliphatic carbocycles. The summed E-state index contributed by atoms with van der Waals surface area (Å²) in [6, 6.07) is 1.91. The highest BCUT2D eigenvalue weighted by Gasteiger charge is 2.55. The van der Waals surface area contributed by atoms with Crippen molar-refractivity contribution in [1.82, 2.24) is 10.2 Å². The van der Waals surface area contributed by atoms with E-state index < -0.39 is 0 Å². The van der Waals surface area contributed by atoms with Gasteiger partial charge in [0.2, 0.25) is 0 Å². The second-order valence-electron chi connectivity index (χ2n) is 9.61. The molecule has 2 heterocycles. The number of nitrogens with one attached hydrogen (secondary N) is 1. The summed E-state index contributed by atoms with van der Waals surface area (Å²) in [7, 11) is 0. The lowest BCUT2D eigenvalue weighted by molar-refractivity contribution is 0.0937. The van der Waals surface area contributed by atoms with Crippen LogP contribution >= 0.6 is 22.6 Å². The number of aliphatic hydroxyl groups excluding tert-OH is 1. The number of fused-ring (bicyclic) bond motifs is 2. The summed E-state index contributed by atoms with van der Waals surface area (Å²) < 4.78 is 6.64. The number of aliphatic hydroxyl groups is 1. The van der Waals surface area contributed by atoms with Gasteiger partial charge in [0.15, 0.2) is 0 Å².